The lowest BCUT2D eigenvalue weighted by Crippen LogP contribution is -1.98. The molecule has 0 fully saturated rings. The molecule has 0 heterocycles. The monoisotopic (exact) mass is 280 g/mol. The Labute approximate surface area is 125 Å². The second-order valence-electron chi connectivity index (χ2n) is 5.69. The Morgan fingerprint density at radius 2 is 1.29 bits per heavy atom. The molecule has 0 radical (unpaired) electrons. The van der Waals surface area contributed by atoms with Crippen LogP contribution in [0.25, 0.3) is 21.5 Å². The fourth-order valence-electron chi connectivity index (χ4n) is 3.38. The van der Waals surface area contributed by atoms with E-state index in [0.717, 1.165) is 31.1 Å². The number of aryl methyl sites for hydroxylation is 2. The van der Waals surface area contributed by atoms with Crippen molar-refractivity contribution in [2.75, 3.05) is 0 Å². The average molecular weight is 280 g/mol. The first-order valence-electron chi connectivity index (χ1n) is 7.88. The van der Waals surface area contributed by atoms with Crippen LogP contribution in [0.1, 0.15) is 37.8 Å². The van der Waals surface area contributed by atoms with Crippen molar-refractivity contribution in [2.24, 2.45) is 0 Å². The zero-order valence-electron chi connectivity index (χ0n) is 12.7. The lowest BCUT2D eigenvalue weighted by atomic mass is 9.88. The van der Waals surface area contributed by atoms with Gasteiger partial charge in [-0.2, -0.15) is 0 Å². The van der Waals surface area contributed by atoms with Gasteiger partial charge >= 0.3 is 0 Å². The molecular formula is C20H21F. The topological polar surface area (TPSA) is 0 Å². The molecule has 0 amide bonds. The summed E-state index contributed by atoms with van der Waals surface area (Å²) in [6.45, 7) is 4.40. The van der Waals surface area contributed by atoms with Crippen molar-refractivity contribution in [3.8, 4) is 0 Å². The predicted octanol–water partition coefficient (Wildman–Crippen LogP) is 6.04. The maximum absolute atomic E-state index is 13.8. The molecule has 0 aliphatic heterocycles. The summed E-state index contributed by atoms with van der Waals surface area (Å²) < 4.78 is 13.8. The maximum atomic E-state index is 13.8. The quantitative estimate of drug-likeness (QED) is 0.511. The second-order valence-corrected chi connectivity index (χ2v) is 5.69. The van der Waals surface area contributed by atoms with Gasteiger partial charge in [0.05, 0.1) is 0 Å². The normalized spacial score (nSPS) is 11.4. The SMILES string of the molecule is CCCc1c(CCC)c2cc(F)ccc2c2ccccc12. The van der Waals surface area contributed by atoms with Crippen molar-refractivity contribution in [1.29, 1.82) is 0 Å². The summed E-state index contributed by atoms with van der Waals surface area (Å²) in [6, 6.07) is 13.8. The summed E-state index contributed by atoms with van der Waals surface area (Å²) in [7, 11) is 0. The molecule has 0 aromatic heterocycles. The van der Waals surface area contributed by atoms with Gasteiger partial charge in [-0.05, 0) is 57.6 Å². The van der Waals surface area contributed by atoms with Gasteiger partial charge in [-0.3, -0.25) is 0 Å². The molecule has 3 aromatic rings. The highest BCUT2D eigenvalue weighted by Gasteiger charge is 2.13. The van der Waals surface area contributed by atoms with Crippen LogP contribution in [0, 0.1) is 5.82 Å². The van der Waals surface area contributed by atoms with Crippen LogP contribution >= 0.6 is 0 Å². The van der Waals surface area contributed by atoms with E-state index in [4.69, 9.17) is 0 Å². The molecule has 0 atom stereocenters. The standard InChI is InChI=1S/C20H21F/c1-3-7-15-16(8-4-2)20-13-14(21)11-12-19(20)18-10-6-5-9-17(15)18/h5-6,9-13H,3-4,7-8H2,1-2H3. The van der Waals surface area contributed by atoms with E-state index < -0.39 is 0 Å². The Morgan fingerprint density at radius 3 is 1.95 bits per heavy atom. The Kier molecular flexibility index (Phi) is 3.92. The highest BCUT2D eigenvalue weighted by atomic mass is 19.1. The fourth-order valence-corrected chi connectivity index (χ4v) is 3.38. The number of rotatable bonds is 4. The first-order valence-corrected chi connectivity index (χ1v) is 7.88. The van der Waals surface area contributed by atoms with E-state index in [1.165, 1.54) is 27.3 Å². The molecule has 21 heavy (non-hydrogen) atoms. The Bertz CT molecular complexity index is 787. The van der Waals surface area contributed by atoms with Gasteiger partial charge in [0.1, 0.15) is 5.82 Å². The van der Waals surface area contributed by atoms with Crippen LogP contribution in [0.5, 0.6) is 0 Å². The maximum Gasteiger partial charge on any atom is 0.123 e. The van der Waals surface area contributed by atoms with Gasteiger partial charge in [0, 0.05) is 0 Å². The molecule has 3 aromatic carbocycles. The fraction of sp³-hybridized carbons (Fsp3) is 0.300. The van der Waals surface area contributed by atoms with Gasteiger partial charge in [0.15, 0.2) is 0 Å². The summed E-state index contributed by atoms with van der Waals surface area (Å²) in [5.41, 5.74) is 2.75. The van der Waals surface area contributed by atoms with Crippen LogP contribution in [0.4, 0.5) is 4.39 Å². The van der Waals surface area contributed by atoms with Gasteiger partial charge in [-0.1, -0.05) is 57.0 Å². The van der Waals surface area contributed by atoms with Crippen molar-refractivity contribution in [3.05, 3.63) is 59.4 Å². The zero-order valence-corrected chi connectivity index (χ0v) is 12.7. The molecule has 1 heteroatoms. The van der Waals surface area contributed by atoms with Crippen LogP contribution in [-0.4, -0.2) is 0 Å². The number of benzene rings is 3. The third-order valence-electron chi connectivity index (χ3n) is 4.21. The van der Waals surface area contributed by atoms with Crippen molar-refractivity contribution in [1.82, 2.24) is 0 Å². The van der Waals surface area contributed by atoms with Crippen LogP contribution in [0.2, 0.25) is 0 Å². The first-order chi connectivity index (χ1) is 10.3. The van der Waals surface area contributed by atoms with Crippen LogP contribution < -0.4 is 0 Å². The minimum absolute atomic E-state index is 0.141. The molecule has 0 saturated heterocycles. The van der Waals surface area contributed by atoms with E-state index in [0.29, 0.717) is 0 Å². The number of hydrogen-bond donors (Lipinski definition) is 0. The molecule has 3 rings (SSSR count). The molecule has 0 unspecified atom stereocenters. The largest absolute Gasteiger partial charge is 0.207 e. The second kappa shape index (κ2) is 5.85. The van der Waals surface area contributed by atoms with Crippen molar-refractivity contribution >= 4 is 21.5 Å². The zero-order chi connectivity index (χ0) is 14.8. The van der Waals surface area contributed by atoms with Crippen LogP contribution in [-0.2, 0) is 12.8 Å². The van der Waals surface area contributed by atoms with Crippen molar-refractivity contribution in [2.45, 2.75) is 39.5 Å². The summed E-state index contributed by atoms with van der Waals surface area (Å²) in [6.07, 6.45) is 4.27. The molecule has 0 saturated carbocycles. The summed E-state index contributed by atoms with van der Waals surface area (Å²) in [5, 5.41) is 4.85. The summed E-state index contributed by atoms with van der Waals surface area (Å²) >= 11 is 0. The van der Waals surface area contributed by atoms with E-state index in [-0.39, 0.29) is 5.82 Å². The minimum atomic E-state index is -0.141. The molecule has 0 spiro atoms. The highest BCUT2D eigenvalue weighted by molar-refractivity contribution is 6.10. The van der Waals surface area contributed by atoms with Crippen LogP contribution in [0.15, 0.2) is 42.5 Å². The Morgan fingerprint density at radius 1 is 0.714 bits per heavy atom. The minimum Gasteiger partial charge on any atom is -0.207 e. The molecule has 0 aliphatic rings. The lowest BCUT2D eigenvalue weighted by Gasteiger charge is -2.17. The Balaban J connectivity index is 2.49. The smallest absolute Gasteiger partial charge is 0.123 e. The molecule has 0 N–H and O–H groups in total. The lowest BCUT2D eigenvalue weighted by molar-refractivity contribution is 0.629. The number of fused-ring (bicyclic) bond motifs is 3. The number of halogens is 1. The van der Waals surface area contributed by atoms with Crippen molar-refractivity contribution in [3.63, 3.8) is 0 Å². The molecule has 0 nitrogen and oxygen atoms in total. The van der Waals surface area contributed by atoms with Gasteiger partial charge in [-0.25, -0.2) is 4.39 Å². The number of hydrogen-bond acceptors (Lipinski definition) is 0. The molecule has 0 bridgehead atoms. The summed E-state index contributed by atoms with van der Waals surface area (Å²) in [4.78, 5) is 0. The van der Waals surface area contributed by atoms with E-state index in [1.54, 1.807) is 12.1 Å². The first kappa shape index (κ1) is 14.1. The third-order valence-corrected chi connectivity index (χ3v) is 4.21. The molecule has 108 valence electrons. The average Bonchev–Trinajstić information content (AvgIpc) is 2.50. The van der Waals surface area contributed by atoms with E-state index in [1.807, 2.05) is 6.07 Å². The van der Waals surface area contributed by atoms with Crippen LogP contribution in [0.3, 0.4) is 0 Å². The Hall–Kier alpha value is -1.89. The third kappa shape index (κ3) is 2.42. The van der Waals surface area contributed by atoms with E-state index in [9.17, 15) is 4.39 Å². The molecule has 0 aliphatic carbocycles. The predicted molar refractivity (Wildman–Crippen MR) is 89.4 cm³/mol. The molecular weight excluding hydrogens is 259 g/mol. The highest BCUT2D eigenvalue weighted by Crippen LogP contribution is 2.34. The van der Waals surface area contributed by atoms with Gasteiger partial charge in [0.2, 0.25) is 0 Å². The van der Waals surface area contributed by atoms with E-state index >= 15 is 0 Å². The van der Waals surface area contributed by atoms with Gasteiger partial charge in [0.25, 0.3) is 0 Å². The van der Waals surface area contributed by atoms with E-state index in [2.05, 4.69) is 38.1 Å². The summed E-state index contributed by atoms with van der Waals surface area (Å²) in [5.74, 6) is -0.141. The van der Waals surface area contributed by atoms with Gasteiger partial charge in [-0.15, -0.1) is 0 Å². The van der Waals surface area contributed by atoms with Gasteiger partial charge < -0.3 is 0 Å². The van der Waals surface area contributed by atoms with Crippen molar-refractivity contribution < 1.29 is 4.39 Å².